The van der Waals surface area contributed by atoms with Gasteiger partial charge in [0.15, 0.2) is 18.9 Å². The minimum absolute atomic E-state index is 0.315. The van der Waals surface area contributed by atoms with Crippen LogP contribution in [0.4, 0.5) is 0 Å². The summed E-state index contributed by atoms with van der Waals surface area (Å²) in [6.07, 6.45) is -2.99. The smallest absolute Gasteiger partial charge is 0.187 e. The van der Waals surface area contributed by atoms with Gasteiger partial charge in [0.1, 0.15) is 24.4 Å². The van der Waals surface area contributed by atoms with Crippen molar-refractivity contribution in [1.29, 1.82) is 0 Å². The van der Waals surface area contributed by atoms with Crippen LogP contribution in [-0.4, -0.2) is 37.3 Å². The maximum atomic E-state index is 6.42. The van der Waals surface area contributed by atoms with Crippen LogP contribution in [0.25, 0.3) is 0 Å². The molecule has 3 saturated heterocycles. The molecular weight excluding hydrogens is 420 g/mol. The highest BCUT2D eigenvalue weighted by molar-refractivity contribution is 5.19. The normalized spacial score (nSPS) is 33.3. The quantitative estimate of drug-likeness (QED) is 0.574. The number of benzene rings is 3. The molecule has 3 aromatic carbocycles. The molecule has 3 aliphatic heterocycles. The molecule has 3 aliphatic rings. The third-order valence-electron chi connectivity index (χ3n) is 6.25. The molecule has 3 fully saturated rings. The predicted octanol–water partition coefficient (Wildman–Crippen LogP) is 4.53. The zero-order valence-corrected chi connectivity index (χ0v) is 18.1. The first-order valence-corrected chi connectivity index (χ1v) is 11.3. The average molecular weight is 446 g/mol. The number of ether oxygens (including phenoxy) is 6. The van der Waals surface area contributed by atoms with E-state index in [9.17, 15) is 0 Å². The number of rotatable bonds is 5. The minimum atomic E-state index is -0.592. The minimum Gasteiger partial charge on any atom is -0.346 e. The molecule has 6 unspecified atom stereocenters. The van der Waals surface area contributed by atoms with Crippen molar-refractivity contribution < 1.29 is 28.4 Å². The number of hydrogen-bond acceptors (Lipinski definition) is 6. The fourth-order valence-corrected chi connectivity index (χ4v) is 4.60. The molecule has 7 atom stereocenters. The van der Waals surface area contributed by atoms with Gasteiger partial charge in [-0.15, -0.1) is 0 Å². The lowest BCUT2D eigenvalue weighted by Crippen LogP contribution is -2.61. The number of fused-ring (bicyclic) bond motifs is 3. The van der Waals surface area contributed by atoms with Crippen LogP contribution in [-0.2, 0) is 35.0 Å². The highest BCUT2D eigenvalue weighted by Gasteiger charge is 2.56. The van der Waals surface area contributed by atoms with Gasteiger partial charge in [0, 0.05) is 11.1 Å². The lowest BCUT2D eigenvalue weighted by molar-refractivity contribution is -0.348. The van der Waals surface area contributed by atoms with Gasteiger partial charge >= 0.3 is 0 Å². The maximum Gasteiger partial charge on any atom is 0.187 e. The Morgan fingerprint density at radius 1 is 0.606 bits per heavy atom. The summed E-state index contributed by atoms with van der Waals surface area (Å²) in [6.45, 7) is 0.803. The molecule has 0 bridgehead atoms. The van der Waals surface area contributed by atoms with Crippen molar-refractivity contribution in [1.82, 2.24) is 0 Å². The molecule has 3 heterocycles. The fourth-order valence-electron chi connectivity index (χ4n) is 4.60. The van der Waals surface area contributed by atoms with E-state index < -0.39 is 25.0 Å². The molecule has 6 heteroatoms. The molecule has 6 nitrogen and oxygen atoms in total. The standard InChI is InChI=1S/C27H26O6/c1-4-10-18(11-5-1)16-28-27-24-23(32-26(33-24)20-14-8-3-9-15-20)22-21(30-27)17-29-25(31-22)19-12-6-2-7-13-19/h1-15,21-27H,16-17H2/t21?,22-,23?,24?,25?,26?,27?/m1/s1. The molecule has 0 saturated carbocycles. The predicted molar refractivity (Wildman–Crippen MR) is 119 cm³/mol. The first-order valence-electron chi connectivity index (χ1n) is 11.3. The lowest BCUT2D eigenvalue weighted by atomic mass is 9.98. The molecule has 0 aliphatic carbocycles. The zero-order valence-electron chi connectivity index (χ0n) is 18.1. The molecule has 6 rings (SSSR count). The molecular formula is C27H26O6. The Hall–Kier alpha value is -2.58. The Morgan fingerprint density at radius 2 is 1.18 bits per heavy atom. The van der Waals surface area contributed by atoms with Gasteiger partial charge in [-0.1, -0.05) is 91.0 Å². The summed E-state index contributed by atoms with van der Waals surface area (Å²) in [5, 5.41) is 0. The van der Waals surface area contributed by atoms with Gasteiger partial charge in [0.2, 0.25) is 0 Å². The Bertz CT molecular complexity index is 1030. The van der Waals surface area contributed by atoms with E-state index in [0.29, 0.717) is 13.2 Å². The van der Waals surface area contributed by atoms with E-state index in [2.05, 4.69) is 0 Å². The zero-order chi connectivity index (χ0) is 22.0. The van der Waals surface area contributed by atoms with E-state index in [1.54, 1.807) is 0 Å². The Labute approximate surface area is 192 Å². The fraction of sp³-hybridized carbons (Fsp3) is 0.333. The van der Waals surface area contributed by atoms with Crippen LogP contribution in [0.3, 0.4) is 0 Å². The summed E-state index contributed by atoms with van der Waals surface area (Å²) in [7, 11) is 0. The average Bonchev–Trinajstić information content (AvgIpc) is 3.35. The lowest BCUT2D eigenvalue weighted by Gasteiger charge is -2.45. The van der Waals surface area contributed by atoms with Crippen molar-refractivity contribution >= 4 is 0 Å². The van der Waals surface area contributed by atoms with E-state index in [1.807, 2.05) is 91.0 Å². The van der Waals surface area contributed by atoms with E-state index in [4.69, 9.17) is 28.4 Å². The third-order valence-corrected chi connectivity index (χ3v) is 6.25. The molecule has 0 amide bonds. The summed E-state index contributed by atoms with van der Waals surface area (Å²) in [5.74, 6) is 0. The third kappa shape index (κ3) is 4.34. The number of hydrogen-bond donors (Lipinski definition) is 0. The Kier molecular flexibility index (Phi) is 5.94. The van der Waals surface area contributed by atoms with E-state index in [-0.39, 0.29) is 18.3 Å². The summed E-state index contributed by atoms with van der Waals surface area (Å²) in [5.41, 5.74) is 2.99. The second kappa shape index (κ2) is 9.35. The molecule has 170 valence electrons. The largest absolute Gasteiger partial charge is 0.346 e. The van der Waals surface area contributed by atoms with Crippen LogP contribution in [0.2, 0.25) is 0 Å². The highest BCUT2D eigenvalue weighted by atomic mass is 16.8. The monoisotopic (exact) mass is 446 g/mol. The first kappa shape index (κ1) is 21.0. The van der Waals surface area contributed by atoms with E-state index in [0.717, 1.165) is 16.7 Å². The molecule has 0 aromatic heterocycles. The molecule has 0 N–H and O–H groups in total. The Balaban J connectivity index is 1.24. The van der Waals surface area contributed by atoms with E-state index >= 15 is 0 Å². The van der Waals surface area contributed by atoms with Crippen molar-refractivity contribution in [2.45, 2.75) is 49.9 Å². The summed E-state index contributed by atoms with van der Waals surface area (Å²) < 4.78 is 37.7. The SMILES string of the molecule is c1ccc(COC2OC3COC(c4ccccc4)O[C@H]3C3OC(c4ccccc4)OC23)cc1. The van der Waals surface area contributed by atoms with Gasteiger partial charge in [-0.25, -0.2) is 0 Å². The van der Waals surface area contributed by atoms with Crippen LogP contribution in [0.1, 0.15) is 29.3 Å². The van der Waals surface area contributed by atoms with Crippen molar-refractivity contribution in [2.24, 2.45) is 0 Å². The topological polar surface area (TPSA) is 55.4 Å². The van der Waals surface area contributed by atoms with Gasteiger partial charge in [-0.05, 0) is 5.56 Å². The summed E-state index contributed by atoms with van der Waals surface area (Å²) in [4.78, 5) is 0. The Morgan fingerprint density at radius 3 is 1.88 bits per heavy atom. The molecule has 0 radical (unpaired) electrons. The molecule has 3 aromatic rings. The summed E-state index contributed by atoms with van der Waals surface area (Å²) in [6, 6.07) is 29.9. The van der Waals surface area contributed by atoms with Crippen LogP contribution >= 0.6 is 0 Å². The van der Waals surface area contributed by atoms with Gasteiger partial charge in [-0.3, -0.25) is 0 Å². The van der Waals surface area contributed by atoms with E-state index in [1.165, 1.54) is 0 Å². The maximum absolute atomic E-state index is 6.42. The van der Waals surface area contributed by atoms with Gasteiger partial charge < -0.3 is 28.4 Å². The first-order chi connectivity index (χ1) is 16.3. The highest BCUT2D eigenvalue weighted by Crippen LogP contribution is 2.43. The van der Waals surface area contributed by atoms with Gasteiger partial charge in [-0.2, -0.15) is 0 Å². The van der Waals surface area contributed by atoms with Crippen LogP contribution in [0.5, 0.6) is 0 Å². The second-order valence-corrected chi connectivity index (χ2v) is 8.46. The molecule has 0 spiro atoms. The molecule has 33 heavy (non-hydrogen) atoms. The van der Waals surface area contributed by atoms with Crippen LogP contribution in [0.15, 0.2) is 91.0 Å². The van der Waals surface area contributed by atoms with Crippen molar-refractivity contribution in [3.05, 3.63) is 108 Å². The summed E-state index contributed by atoms with van der Waals surface area (Å²) >= 11 is 0. The van der Waals surface area contributed by atoms with Crippen LogP contribution in [0, 0.1) is 0 Å². The van der Waals surface area contributed by atoms with Crippen molar-refractivity contribution in [3.63, 3.8) is 0 Å². The van der Waals surface area contributed by atoms with Crippen molar-refractivity contribution in [2.75, 3.05) is 6.61 Å². The van der Waals surface area contributed by atoms with Crippen LogP contribution < -0.4 is 0 Å². The second-order valence-electron chi connectivity index (χ2n) is 8.46. The van der Waals surface area contributed by atoms with Gasteiger partial charge in [0.05, 0.1) is 13.2 Å². The van der Waals surface area contributed by atoms with Crippen molar-refractivity contribution in [3.8, 4) is 0 Å². The van der Waals surface area contributed by atoms with Gasteiger partial charge in [0.25, 0.3) is 0 Å².